The molecule has 0 spiro atoms. The molecule has 1 fully saturated rings. The van der Waals surface area contributed by atoms with Gasteiger partial charge in [-0.15, -0.1) is 0 Å². The van der Waals surface area contributed by atoms with E-state index in [1.165, 1.54) is 6.07 Å². The van der Waals surface area contributed by atoms with Crippen LogP contribution in [0.3, 0.4) is 0 Å². The molecule has 4 rings (SSSR count). The van der Waals surface area contributed by atoms with Gasteiger partial charge >= 0.3 is 0 Å². The number of aryl methyl sites for hydroxylation is 1. The summed E-state index contributed by atoms with van der Waals surface area (Å²) in [5, 5.41) is 15.6. The van der Waals surface area contributed by atoms with Gasteiger partial charge in [-0.2, -0.15) is 5.10 Å². The second-order valence-corrected chi connectivity index (χ2v) is 7.24. The van der Waals surface area contributed by atoms with E-state index in [1.807, 2.05) is 51.0 Å². The van der Waals surface area contributed by atoms with Gasteiger partial charge in [0.05, 0.1) is 16.8 Å². The molecular weight excluding hydrogens is 382 g/mol. The van der Waals surface area contributed by atoms with Crippen LogP contribution in [0.25, 0.3) is 5.69 Å². The summed E-state index contributed by atoms with van der Waals surface area (Å²) in [7, 11) is 0. The summed E-state index contributed by atoms with van der Waals surface area (Å²) in [6.45, 7) is 2.30. The van der Waals surface area contributed by atoms with Crippen molar-refractivity contribution in [3.63, 3.8) is 0 Å². The minimum absolute atomic E-state index is 0.102. The molecule has 0 aliphatic carbocycles. The summed E-state index contributed by atoms with van der Waals surface area (Å²) in [5.41, 5.74) is 2.72. The SMILES string of the molecule is O=C(CCc1cnn(-c2ccccc2)c1)N1CCN(c2ccccc2[N+](=O)[O-])CC1. The summed E-state index contributed by atoms with van der Waals surface area (Å²) in [6, 6.07) is 16.6. The molecule has 154 valence electrons. The zero-order valence-electron chi connectivity index (χ0n) is 16.6. The molecule has 0 N–H and O–H groups in total. The first-order valence-corrected chi connectivity index (χ1v) is 9.97. The van der Waals surface area contributed by atoms with Crippen molar-refractivity contribution in [2.24, 2.45) is 0 Å². The zero-order chi connectivity index (χ0) is 20.9. The van der Waals surface area contributed by atoms with Crippen molar-refractivity contribution in [1.29, 1.82) is 0 Å². The number of para-hydroxylation sites is 3. The average Bonchev–Trinajstić information content (AvgIpc) is 3.27. The number of anilines is 1. The number of rotatable bonds is 6. The van der Waals surface area contributed by atoms with Crippen LogP contribution in [0.1, 0.15) is 12.0 Å². The molecule has 0 bridgehead atoms. The lowest BCUT2D eigenvalue weighted by Crippen LogP contribution is -2.49. The summed E-state index contributed by atoms with van der Waals surface area (Å²) < 4.78 is 1.81. The maximum Gasteiger partial charge on any atom is 0.292 e. The second kappa shape index (κ2) is 8.77. The molecule has 0 unspecified atom stereocenters. The van der Waals surface area contributed by atoms with E-state index < -0.39 is 0 Å². The fraction of sp³-hybridized carbons (Fsp3) is 0.273. The van der Waals surface area contributed by atoms with E-state index in [4.69, 9.17) is 0 Å². The zero-order valence-corrected chi connectivity index (χ0v) is 16.6. The predicted molar refractivity (Wildman–Crippen MR) is 114 cm³/mol. The van der Waals surface area contributed by atoms with Gasteiger partial charge in [-0.3, -0.25) is 14.9 Å². The quantitative estimate of drug-likeness (QED) is 0.465. The maximum atomic E-state index is 12.6. The van der Waals surface area contributed by atoms with Crippen molar-refractivity contribution in [1.82, 2.24) is 14.7 Å². The van der Waals surface area contributed by atoms with Gasteiger partial charge in [-0.05, 0) is 30.2 Å². The van der Waals surface area contributed by atoms with Crippen molar-refractivity contribution in [3.8, 4) is 5.69 Å². The Labute approximate surface area is 174 Å². The van der Waals surface area contributed by atoms with E-state index in [0.29, 0.717) is 44.7 Å². The number of carbonyl (C=O) groups excluding carboxylic acids is 1. The van der Waals surface area contributed by atoms with E-state index in [9.17, 15) is 14.9 Å². The average molecular weight is 405 g/mol. The molecule has 1 aromatic heterocycles. The highest BCUT2D eigenvalue weighted by atomic mass is 16.6. The molecule has 0 saturated carbocycles. The van der Waals surface area contributed by atoms with Crippen molar-refractivity contribution in [3.05, 3.63) is 82.7 Å². The first-order valence-electron chi connectivity index (χ1n) is 9.97. The number of benzene rings is 2. The Hall–Kier alpha value is -3.68. The topological polar surface area (TPSA) is 84.5 Å². The molecule has 1 aliphatic heterocycles. The standard InChI is InChI=1S/C22H23N5O3/c28-22(11-10-18-16-23-26(17-18)19-6-2-1-3-7-19)25-14-12-24(13-15-25)20-8-4-5-9-21(20)27(29)30/h1-9,16-17H,10-15H2. The van der Waals surface area contributed by atoms with Crippen LogP contribution >= 0.6 is 0 Å². The molecule has 8 heteroatoms. The number of hydrogen-bond acceptors (Lipinski definition) is 5. The number of carbonyl (C=O) groups is 1. The fourth-order valence-corrected chi connectivity index (χ4v) is 3.70. The van der Waals surface area contributed by atoms with Crippen molar-refractivity contribution >= 4 is 17.3 Å². The Kier molecular flexibility index (Phi) is 5.74. The Morgan fingerprint density at radius 1 is 1.00 bits per heavy atom. The molecule has 3 aromatic rings. The molecule has 2 aromatic carbocycles. The largest absolute Gasteiger partial charge is 0.362 e. The van der Waals surface area contributed by atoms with Crippen LogP contribution in [0.4, 0.5) is 11.4 Å². The molecule has 1 saturated heterocycles. The lowest BCUT2D eigenvalue weighted by atomic mass is 10.1. The highest BCUT2D eigenvalue weighted by molar-refractivity contribution is 5.77. The number of nitro groups is 1. The van der Waals surface area contributed by atoms with Crippen molar-refractivity contribution < 1.29 is 9.72 Å². The van der Waals surface area contributed by atoms with Gasteiger partial charge in [0.1, 0.15) is 5.69 Å². The van der Waals surface area contributed by atoms with E-state index in [0.717, 1.165) is 11.3 Å². The Morgan fingerprint density at radius 2 is 1.70 bits per heavy atom. The van der Waals surface area contributed by atoms with Crippen LogP contribution in [0.2, 0.25) is 0 Å². The second-order valence-electron chi connectivity index (χ2n) is 7.24. The van der Waals surface area contributed by atoms with Gasteiger partial charge in [-0.25, -0.2) is 4.68 Å². The first kappa shape index (κ1) is 19.6. The van der Waals surface area contributed by atoms with Gasteiger partial charge in [0.2, 0.25) is 5.91 Å². The normalized spacial score (nSPS) is 14.0. The number of amides is 1. The van der Waals surface area contributed by atoms with Crippen LogP contribution in [-0.2, 0) is 11.2 Å². The third kappa shape index (κ3) is 4.32. The van der Waals surface area contributed by atoms with Gasteiger partial charge < -0.3 is 9.80 Å². The number of nitro benzene ring substituents is 1. The number of hydrogen-bond donors (Lipinski definition) is 0. The van der Waals surface area contributed by atoms with Gasteiger partial charge in [0, 0.05) is 44.9 Å². The molecule has 1 amide bonds. The summed E-state index contributed by atoms with van der Waals surface area (Å²) in [6.07, 6.45) is 4.81. The maximum absolute atomic E-state index is 12.6. The molecule has 30 heavy (non-hydrogen) atoms. The monoisotopic (exact) mass is 405 g/mol. The van der Waals surface area contributed by atoms with E-state index >= 15 is 0 Å². The van der Waals surface area contributed by atoms with Gasteiger partial charge in [-0.1, -0.05) is 30.3 Å². The first-order chi connectivity index (χ1) is 14.6. The summed E-state index contributed by atoms with van der Waals surface area (Å²) in [4.78, 5) is 27.4. The van der Waals surface area contributed by atoms with Gasteiger partial charge in [0.15, 0.2) is 0 Å². The third-order valence-corrected chi connectivity index (χ3v) is 5.34. The molecular formula is C22H23N5O3. The van der Waals surface area contributed by atoms with E-state index in [1.54, 1.807) is 24.4 Å². The third-order valence-electron chi connectivity index (χ3n) is 5.34. The molecule has 8 nitrogen and oxygen atoms in total. The number of nitrogens with zero attached hydrogens (tertiary/aromatic N) is 5. The van der Waals surface area contributed by atoms with Crippen LogP contribution in [0.15, 0.2) is 67.0 Å². The van der Waals surface area contributed by atoms with Crippen molar-refractivity contribution in [2.75, 3.05) is 31.1 Å². The molecule has 2 heterocycles. The van der Waals surface area contributed by atoms with Crippen molar-refractivity contribution in [2.45, 2.75) is 12.8 Å². The highest BCUT2D eigenvalue weighted by Crippen LogP contribution is 2.28. The lowest BCUT2D eigenvalue weighted by Gasteiger charge is -2.35. The Morgan fingerprint density at radius 3 is 2.43 bits per heavy atom. The summed E-state index contributed by atoms with van der Waals surface area (Å²) >= 11 is 0. The van der Waals surface area contributed by atoms with Gasteiger partial charge in [0.25, 0.3) is 5.69 Å². The van der Waals surface area contributed by atoms with Crippen LogP contribution < -0.4 is 4.90 Å². The lowest BCUT2D eigenvalue weighted by molar-refractivity contribution is -0.384. The number of piperazine rings is 1. The minimum atomic E-state index is -0.359. The Bertz CT molecular complexity index is 1030. The van der Waals surface area contributed by atoms with Crippen LogP contribution in [-0.4, -0.2) is 51.7 Å². The smallest absolute Gasteiger partial charge is 0.292 e. The molecule has 0 radical (unpaired) electrons. The van der Waals surface area contributed by atoms with E-state index in [2.05, 4.69) is 5.10 Å². The molecule has 0 atom stereocenters. The summed E-state index contributed by atoms with van der Waals surface area (Å²) in [5.74, 6) is 0.102. The minimum Gasteiger partial charge on any atom is -0.362 e. The van der Waals surface area contributed by atoms with Crippen LogP contribution in [0, 0.1) is 10.1 Å². The highest BCUT2D eigenvalue weighted by Gasteiger charge is 2.25. The fourth-order valence-electron chi connectivity index (χ4n) is 3.70. The van der Waals surface area contributed by atoms with Crippen LogP contribution in [0.5, 0.6) is 0 Å². The Balaban J connectivity index is 1.30. The predicted octanol–water partition coefficient (Wildman–Crippen LogP) is 3.06. The number of aromatic nitrogens is 2. The van der Waals surface area contributed by atoms with E-state index in [-0.39, 0.29) is 16.5 Å². The molecule has 1 aliphatic rings.